The van der Waals surface area contributed by atoms with Gasteiger partial charge in [-0.05, 0) is 45.9 Å². The fraction of sp³-hybridized carbons (Fsp3) is 0.300. The van der Waals surface area contributed by atoms with E-state index in [9.17, 15) is 9.59 Å². The van der Waals surface area contributed by atoms with E-state index in [0.717, 1.165) is 5.69 Å². The van der Waals surface area contributed by atoms with Gasteiger partial charge in [-0.2, -0.15) is 0 Å². The summed E-state index contributed by atoms with van der Waals surface area (Å²) in [6.07, 6.45) is 0. The number of hydrogen-bond acceptors (Lipinski definition) is 4. The zero-order valence-corrected chi connectivity index (χ0v) is 15.5. The van der Waals surface area contributed by atoms with Crippen LogP contribution in [0.25, 0.3) is 0 Å². The molecule has 5 heteroatoms. The number of fused-ring (bicyclic) bond motifs is 2. The molecule has 0 atom stereocenters. The number of nitrogen functional groups attached to an aromatic ring is 1. The first-order valence-electron chi connectivity index (χ1n) is 8.34. The molecular weight excluding hydrogens is 336 g/mol. The predicted octanol–water partition coefficient (Wildman–Crippen LogP) is 4.32. The second kappa shape index (κ2) is 6.19. The summed E-state index contributed by atoms with van der Waals surface area (Å²) in [6.45, 7) is 8.25. The molecule has 2 N–H and O–H groups in total. The minimum absolute atomic E-state index is 0.174. The van der Waals surface area contributed by atoms with Gasteiger partial charge in [0.1, 0.15) is 0 Å². The van der Waals surface area contributed by atoms with Gasteiger partial charge in [0.15, 0.2) is 11.6 Å². The summed E-state index contributed by atoms with van der Waals surface area (Å²) < 4.78 is 0. The highest BCUT2D eigenvalue weighted by Crippen LogP contribution is 2.39. The highest BCUT2D eigenvalue weighted by molar-refractivity contribution is 6.40. The first kappa shape index (κ1) is 17.5. The molecule has 0 saturated heterocycles. The summed E-state index contributed by atoms with van der Waals surface area (Å²) in [7, 11) is 0. The molecule has 3 rings (SSSR count). The standard InChI is InChI=1S/C20H21ClN2O2/c1-10(2)23(11(3)4)15-7-5-6-12-16(15)20(25)18-14(22)9-8-13(21)17(18)19(12)24/h5-11H,22H2,1-4H3. The van der Waals surface area contributed by atoms with Crippen LogP contribution in [0, 0.1) is 0 Å². The normalized spacial score (nSPS) is 13.2. The largest absolute Gasteiger partial charge is 0.398 e. The van der Waals surface area contributed by atoms with Crippen molar-refractivity contribution in [2.45, 2.75) is 39.8 Å². The monoisotopic (exact) mass is 356 g/mol. The van der Waals surface area contributed by atoms with E-state index < -0.39 is 0 Å². The van der Waals surface area contributed by atoms with Crippen LogP contribution in [0.1, 0.15) is 59.5 Å². The van der Waals surface area contributed by atoms with Crippen molar-refractivity contribution in [2.75, 3.05) is 10.6 Å². The number of hydrogen-bond donors (Lipinski definition) is 1. The highest BCUT2D eigenvalue weighted by Gasteiger charge is 2.36. The van der Waals surface area contributed by atoms with Gasteiger partial charge in [0.05, 0.1) is 21.7 Å². The van der Waals surface area contributed by atoms with Crippen LogP contribution in [0.15, 0.2) is 30.3 Å². The minimum atomic E-state index is -0.254. The number of ketones is 2. The van der Waals surface area contributed by atoms with Crippen LogP contribution >= 0.6 is 11.6 Å². The summed E-state index contributed by atoms with van der Waals surface area (Å²) in [4.78, 5) is 28.4. The Morgan fingerprint density at radius 2 is 1.52 bits per heavy atom. The molecule has 1 aliphatic rings. The fourth-order valence-corrected chi connectivity index (χ4v) is 3.90. The van der Waals surface area contributed by atoms with E-state index in [1.807, 2.05) is 12.1 Å². The minimum Gasteiger partial charge on any atom is -0.398 e. The summed E-state index contributed by atoms with van der Waals surface area (Å²) in [6, 6.07) is 8.85. The highest BCUT2D eigenvalue weighted by atomic mass is 35.5. The number of halogens is 1. The van der Waals surface area contributed by atoms with Crippen molar-refractivity contribution in [3.8, 4) is 0 Å². The van der Waals surface area contributed by atoms with Gasteiger partial charge >= 0.3 is 0 Å². The Balaban J connectivity index is 2.32. The van der Waals surface area contributed by atoms with E-state index in [-0.39, 0.29) is 45.5 Å². The van der Waals surface area contributed by atoms with Crippen LogP contribution in [0.4, 0.5) is 11.4 Å². The third kappa shape index (κ3) is 2.61. The van der Waals surface area contributed by atoms with Crippen LogP contribution < -0.4 is 10.6 Å². The van der Waals surface area contributed by atoms with Crippen molar-refractivity contribution in [1.82, 2.24) is 0 Å². The SMILES string of the molecule is CC(C)N(c1cccc2c1C(=O)c1c(N)ccc(Cl)c1C2=O)C(C)C. The summed E-state index contributed by atoms with van der Waals surface area (Å²) in [5.74, 6) is -0.497. The van der Waals surface area contributed by atoms with Crippen molar-refractivity contribution in [3.63, 3.8) is 0 Å². The van der Waals surface area contributed by atoms with Crippen LogP contribution in [-0.2, 0) is 0 Å². The van der Waals surface area contributed by atoms with Crippen molar-refractivity contribution < 1.29 is 9.59 Å². The molecule has 0 heterocycles. The Labute approximate surface area is 152 Å². The Kier molecular flexibility index (Phi) is 4.33. The van der Waals surface area contributed by atoms with E-state index in [0.29, 0.717) is 11.1 Å². The maximum absolute atomic E-state index is 13.3. The predicted molar refractivity (Wildman–Crippen MR) is 102 cm³/mol. The second-order valence-electron chi connectivity index (χ2n) is 6.84. The van der Waals surface area contributed by atoms with Crippen LogP contribution in [0.3, 0.4) is 0 Å². The smallest absolute Gasteiger partial charge is 0.198 e. The average Bonchev–Trinajstić information content (AvgIpc) is 2.54. The van der Waals surface area contributed by atoms with Crippen molar-refractivity contribution in [1.29, 1.82) is 0 Å². The summed E-state index contributed by atoms with van der Waals surface area (Å²) >= 11 is 6.21. The van der Waals surface area contributed by atoms with Gasteiger partial charge in [-0.25, -0.2) is 0 Å². The Morgan fingerprint density at radius 1 is 0.880 bits per heavy atom. The maximum Gasteiger partial charge on any atom is 0.198 e. The number of anilines is 2. The first-order valence-corrected chi connectivity index (χ1v) is 8.72. The van der Waals surface area contributed by atoms with Crippen LogP contribution in [0.5, 0.6) is 0 Å². The number of carbonyl (C=O) groups is 2. The molecule has 4 nitrogen and oxygen atoms in total. The number of rotatable bonds is 3. The van der Waals surface area contributed by atoms with Gasteiger partial charge in [0.25, 0.3) is 0 Å². The van der Waals surface area contributed by atoms with E-state index in [4.69, 9.17) is 17.3 Å². The number of carbonyl (C=O) groups excluding carboxylic acids is 2. The summed E-state index contributed by atoms with van der Waals surface area (Å²) in [5, 5.41) is 0.253. The van der Waals surface area contributed by atoms with Gasteiger partial charge in [0, 0.05) is 29.0 Å². The quantitative estimate of drug-likeness (QED) is 0.710. The molecule has 0 radical (unpaired) electrons. The topological polar surface area (TPSA) is 63.4 Å². The molecule has 2 aromatic carbocycles. The third-order valence-corrected chi connectivity index (χ3v) is 4.86. The van der Waals surface area contributed by atoms with Crippen LogP contribution in [0.2, 0.25) is 5.02 Å². The van der Waals surface area contributed by atoms with Crippen molar-refractivity contribution in [2.24, 2.45) is 0 Å². The van der Waals surface area contributed by atoms with Gasteiger partial charge in [0.2, 0.25) is 0 Å². The van der Waals surface area contributed by atoms with Gasteiger partial charge in [-0.3, -0.25) is 9.59 Å². The zero-order chi connectivity index (χ0) is 18.5. The van der Waals surface area contributed by atoms with Crippen molar-refractivity contribution >= 4 is 34.5 Å². The molecule has 0 unspecified atom stereocenters. The van der Waals surface area contributed by atoms with E-state index in [1.165, 1.54) is 0 Å². The molecule has 25 heavy (non-hydrogen) atoms. The molecule has 0 spiro atoms. The first-order chi connectivity index (χ1) is 11.8. The molecule has 0 saturated carbocycles. The molecular formula is C20H21ClN2O2. The third-order valence-electron chi connectivity index (χ3n) is 4.55. The molecule has 0 aliphatic heterocycles. The molecule has 0 fully saturated rings. The van der Waals surface area contributed by atoms with E-state index in [2.05, 4.69) is 32.6 Å². The zero-order valence-electron chi connectivity index (χ0n) is 14.8. The molecule has 1 aliphatic carbocycles. The second-order valence-corrected chi connectivity index (χ2v) is 7.25. The lowest BCUT2D eigenvalue weighted by molar-refractivity contribution is 0.0980. The number of benzene rings is 2. The molecule has 0 aromatic heterocycles. The molecule has 2 aromatic rings. The van der Waals surface area contributed by atoms with Crippen molar-refractivity contribution in [3.05, 3.63) is 57.6 Å². The van der Waals surface area contributed by atoms with Gasteiger partial charge in [-0.15, -0.1) is 0 Å². The van der Waals surface area contributed by atoms with Gasteiger partial charge in [-0.1, -0.05) is 23.7 Å². The summed E-state index contributed by atoms with van der Waals surface area (Å²) in [5.41, 5.74) is 8.27. The Bertz CT molecular complexity index is 880. The number of nitrogens with zero attached hydrogens (tertiary/aromatic N) is 1. The van der Waals surface area contributed by atoms with Gasteiger partial charge < -0.3 is 10.6 Å². The van der Waals surface area contributed by atoms with E-state index >= 15 is 0 Å². The lowest BCUT2D eigenvalue weighted by atomic mass is 9.82. The lowest BCUT2D eigenvalue weighted by Crippen LogP contribution is -2.39. The number of nitrogens with two attached hydrogens (primary N) is 1. The fourth-order valence-electron chi connectivity index (χ4n) is 3.66. The molecule has 0 bridgehead atoms. The van der Waals surface area contributed by atoms with Crippen LogP contribution in [-0.4, -0.2) is 23.7 Å². The lowest BCUT2D eigenvalue weighted by Gasteiger charge is -2.36. The van der Waals surface area contributed by atoms with E-state index in [1.54, 1.807) is 18.2 Å². The Hall–Kier alpha value is -2.33. The Morgan fingerprint density at radius 3 is 2.12 bits per heavy atom. The maximum atomic E-state index is 13.3. The average molecular weight is 357 g/mol. The molecule has 130 valence electrons. The molecule has 0 amide bonds.